The smallest absolute Gasteiger partial charge is 0.254 e. The number of rotatable bonds is 5. The number of aryl methyl sites for hydroxylation is 2. The van der Waals surface area contributed by atoms with E-state index in [1.807, 2.05) is 19.1 Å². The Bertz CT molecular complexity index is 605. The number of carbonyl (C=O) groups is 1. The third kappa shape index (κ3) is 3.42. The van der Waals surface area contributed by atoms with Crippen LogP contribution >= 0.6 is 22.9 Å². The zero-order chi connectivity index (χ0) is 14.7. The fraction of sp³-hybridized carbons (Fsp3) is 0.357. The standard InChI is InChI=1S/C14H16ClNO3S/c1-8-6-10(9(2)19-8)14(17)16-7-11(18-3)12-4-5-13(15)20-12/h4-6,11H,7H2,1-3H3,(H,16,17)/t11-/m0/s1. The number of thiophene rings is 1. The molecule has 2 rings (SSSR count). The van der Waals surface area contributed by atoms with Crippen molar-refractivity contribution in [3.63, 3.8) is 0 Å². The zero-order valence-corrected chi connectivity index (χ0v) is 13.1. The molecule has 1 N–H and O–H groups in total. The lowest BCUT2D eigenvalue weighted by atomic mass is 10.2. The molecule has 0 saturated heterocycles. The number of nitrogens with one attached hydrogen (secondary N) is 1. The number of amides is 1. The van der Waals surface area contributed by atoms with E-state index in [9.17, 15) is 4.79 Å². The molecule has 20 heavy (non-hydrogen) atoms. The van der Waals surface area contributed by atoms with Gasteiger partial charge in [0.1, 0.15) is 17.6 Å². The number of ether oxygens (including phenoxy) is 1. The minimum atomic E-state index is -0.204. The van der Waals surface area contributed by atoms with Crippen molar-refractivity contribution in [1.82, 2.24) is 5.32 Å². The lowest BCUT2D eigenvalue weighted by molar-refractivity contribution is 0.0836. The maximum atomic E-state index is 12.1. The molecule has 6 heteroatoms. The van der Waals surface area contributed by atoms with Crippen molar-refractivity contribution < 1.29 is 13.9 Å². The van der Waals surface area contributed by atoms with E-state index < -0.39 is 0 Å². The number of methoxy groups -OCH3 is 1. The number of hydrogen-bond acceptors (Lipinski definition) is 4. The Balaban J connectivity index is 2.00. The van der Waals surface area contributed by atoms with Crippen molar-refractivity contribution in [2.24, 2.45) is 0 Å². The molecule has 4 nitrogen and oxygen atoms in total. The Kier molecular flexibility index (Phi) is 4.86. The second-order valence-corrected chi connectivity index (χ2v) is 6.15. The Hall–Kier alpha value is -1.30. The summed E-state index contributed by atoms with van der Waals surface area (Å²) in [6.07, 6.45) is -0.204. The first-order chi connectivity index (χ1) is 9.51. The van der Waals surface area contributed by atoms with Crippen molar-refractivity contribution in [2.45, 2.75) is 20.0 Å². The van der Waals surface area contributed by atoms with Gasteiger partial charge in [-0.05, 0) is 32.0 Å². The monoisotopic (exact) mass is 313 g/mol. The van der Waals surface area contributed by atoms with Crippen LogP contribution in [0.25, 0.3) is 0 Å². The lowest BCUT2D eigenvalue weighted by Crippen LogP contribution is -2.29. The number of furan rings is 1. The third-order valence-corrected chi connectivity index (χ3v) is 4.25. The van der Waals surface area contributed by atoms with Crippen molar-refractivity contribution >= 4 is 28.8 Å². The quantitative estimate of drug-likeness (QED) is 0.915. The van der Waals surface area contributed by atoms with Gasteiger partial charge in [-0.3, -0.25) is 4.79 Å². The fourth-order valence-electron chi connectivity index (χ4n) is 1.94. The van der Waals surface area contributed by atoms with Gasteiger partial charge < -0.3 is 14.5 Å². The molecule has 0 spiro atoms. The van der Waals surface area contributed by atoms with E-state index in [4.69, 9.17) is 20.8 Å². The molecule has 2 aromatic rings. The van der Waals surface area contributed by atoms with Gasteiger partial charge >= 0.3 is 0 Å². The van der Waals surface area contributed by atoms with E-state index in [1.54, 1.807) is 20.1 Å². The molecular weight excluding hydrogens is 298 g/mol. The molecule has 0 unspecified atom stereocenters. The van der Waals surface area contributed by atoms with Gasteiger partial charge in [0.2, 0.25) is 0 Å². The van der Waals surface area contributed by atoms with E-state index in [1.165, 1.54) is 11.3 Å². The summed E-state index contributed by atoms with van der Waals surface area (Å²) in [5.74, 6) is 1.18. The van der Waals surface area contributed by atoms with Crippen LogP contribution in [-0.2, 0) is 4.74 Å². The molecule has 0 aliphatic rings. The summed E-state index contributed by atoms with van der Waals surface area (Å²) >= 11 is 7.35. The second-order valence-electron chi connectivity index (χ2n) is 4.40. The normalized spacial score (nSPS) is 12.4. The van der Waals surface area contributed by atoms with Crippen LogP contribution in [0.2, 0.25) is 4.34 Å². The molecule has 2 heterocycles. The van der Waals surface area contributed by atoms with Gasteiger partial charge in [0.15, 0.2) is 0 Å². The average Bonchev–Trinajstić information content (AvgIpc) is 2.96. The van der Waals surface area contributed by atoms with E-state index >= 15 is 0 Å². The van der Waals surface area contributed by atoms with Gasteiger partial charge in [0.05, 0.1) is 9.90 Å². The summed E-state index contributed by atoms with van der Waals surface area (Å²) in [6, 6.07) is 5.45. The van der Waals surface area contributed by atoms with Gasteiger partial charge in [0.25, 0.3) is 5.91 Å². The molecule has 2 aromatic heterocycles. The first kappa shape index (κ1) is 15.1. The zero-order valence-electron chi connectivity index (χ0n) is 11.5. The molecule has 1 amide bonds. The van der Waals surface area contributed by atoms with Crippen molar-refractivity contribution in [3.05, 3.63) is 44.5 Å². The summed E-state index contributed by atoms with van der Waals surface area (Å²) in [7, 11) is 1.61. The number of halogens is 1. The topological polar surface area (TPSA) is 51.5 Å². The first-order valence-corrected chi connectivity index (χ1v) is 7.34. The minimum absolute atomic E-state index is 0.163. The summed E-state index contributed by atoms with van der Waals surface area (Å²) in [5.41, 5.74) is 0.557. The molecule has 1 atom stereocenters. The van der Waals surface area contributed by atoms with Crippen LogP contribution in [0.4, 0.5) is 0 Å². The SMILES string of the molecule is CO[C@@H](CNC(=O)c1cc(C)oc1C)c1ccc(Cl)s1. The highest BCUT2D eigenvalue weighted by molar-refractivity contribution is 7.16. The van der Waals surface area contributed by atoms with Gasteiger partial charge in [-0.15, -0.1) is 11.3 Å². The maximum absolute atomic E-state index is 12.1. The van der Waals surface area contributed by atoms with E-state index in [-0.39, 0.29) is 12.0 Å². The molecule has 0 bridgehead atoms. The van der Waals surface area contributed by atoms with Crippen molar-refractivity contribution in [1.29, 1.82) is 0 Å². The molecule has 0 aromatic carbocycles. The van der Waals surface area contributed by atoms with Gasteiger partial charge in [-0.2, -0.15) is 0 Å². The van der Waals surface area contributed by atoms with Crippen LogP contribution in [0.3, 0.4) is 0 Å². The van der Waals surface area contributed by atoms with Crippen LogP contribution in [0.15, 0.2) is 22.6 Å². The maximum Gasteiger partial charge on any atom is 0.254 e. The molecule has 0 fully saturated rings. The highest BCUT2D eigenvalue weighted by atomic mass is 35.5. The predicted molar refractivity (Wildman–Crippen MR) is 79.6 cm³/mol. The Morgan fingerprint density at radius 1 is 1.50 bits per heavy atom. The van der Waals surface area contributed by atoms with Crippen molar-refractivity contribution in [2.75, 3.05) is 13.7 Å². The molecule has 108 valence electrons. The number of hydrogen-bond donors (Lipinski definition) is 1. The minimum Gasteiger partial charge on any atom is -0.466 e. The number of carbonyl (C=O) groups excluding carboxylic acids is 1. The molecule has 0 radical (unpaired) electrons. The van der Waals surface area contributed by atoms with Crippen LogP contribution in [-0.4, -0.2) is 19.6 Å². The van der Waals surface area contributed by atoms with Crippen LogP contribution < -0.4 is 5.32 Å². The largest absolute Gasteiger partial charge is 0.466 e. The van der Waals surface area contributed by atoms with Crippen LogP contribution in [0, 0.1) is 13.8 Å². The summed E-state index contributed by atoms with van der Waals surface area (Å²) < 4.78 is 11.4. The van der Waals surface area contributed by atoms with E-state index in [2.05, 4.69) is 5.32 Å². The highest BCUT2D eigenvalue weighted by Gasteiger charge is 2.17. The second kappa shape index (κ2) is 6.43. The van der Waals surface area contributed by atoms with Gasteiger partial charge in [0, 0.05) is 18.5 Å². The van der Waals surface area contributed by atoms with Gasteiger partial charge in [-0.1, -0.05) is 11.6 Å². The summed E-state index contributed by atoms with van der Waals surface area (Å²) in [4.78, 5) is 13.1. The summed E-state index contributed by atoms with van der Waals surface area (Å²) in [5, 5.41) is 2.85. The van der Waals surface area contributed by atoms with Crippen LogP contribution in [0.1, 0.15) is 32.9 Å². The third-order valence-electron chi connectivity index (χ3n) is 2.93. The van der Waals surface area contributed by atoms with Crippen molar-refractivity contribution in [3.8, 4) is 0 Å². The fourth-order valence-corrected chi connectivity index (χ4v) is 3.08. The Morgan fingerprint density at radius 3 is 2.75 bits per heavy atom. The average molecular weight is 314 g/mol. The Morgan fingerprint density at radius 2 is 2.25 bits per heavy atom. The Labute approximate surface area is 126 Å². The first-order valence-electron chi connectivity index (χ1n) is 6.14. The summed E-state index contributed by atoms with van der Waals surface area (Å²) in [6.45, 7) is 3.97. The van der Waals surface area contributed by atoms with Gasteiger partial charge in [-0.25, -0.2) is 0 Å². The van der Waals surface area contributed by atoms with E-state index in [0.717, 1.165) is 10.6 Å². The predicted octanol–water partition coefficient (Wildman–Crippen LogP) is 3.73. The van der Waals surface area contributed by atoms with Crippen LogP contribution in [0.5, 0.6) is 0 Å². The molecule has 0 aliphatic heterocycles. The molecular formula is C14H16ClNO3S. The molecule has 0 saturated carbocycles. The highest BCUT2D eigenvalue weighted by Crippen LogP contribution is 2.28. The lowest BCUT2D eigenvalue weighted by Gasteiger charge is -2.14. The molecule has 0 aliphatic carbocycles. The van der Waals surface area contributed by atoms with E-state index in [0.29, 0.717) is 22.2 Å².